The second-order valence-corrected chi connectivity index (χ2v) is 10.3. The predicted molar refractivity (Wildman–Crippen MR) is 126 cm³/mol. The molecule has 0 saturated carbocycles. The summed E-state index contributed by atoms with van der Waals surface area (Å²) < 4.78 is 59.2. The van der Waals surface area contributed by atoms with Crippen LogP contribution in [0.3, 0.4) is 0 Å². The minimum absolute atomic E-state index is 0.203. The zero-order chi connectivity index (χ0) is 24.1. The topological polar surface area (TPSA) is 63.2 Å². The number of halogens is 3. The molecule has 0 radical (unpaired) electrons. The SMILES string of the molecule is C=CCCCCCCCCCCCCCCCCCCCCC(=O)NS(=O)(=O)C(F)(F)F. The molecule has 0 aromatic carbocycles. The van der Waals surface area contributed by atoms with E-state index in [0.717, 1.165) is 30.4 Å². The number of alkyl halides is 3. The molecular weight excluding hydrogens is 439 g/mol. The normalized spacial score (nSPS) is 12.1. The molecule has 1 amide bonds. The Morgan fingerprint density at radius 1 is 0.656 bits per heavy atom. The lowest BCUT2D eigenvalue weighted by molar-refractivity contribution is -0.120. The van der Waals surface area contributed by atoms with E-state index in [9.17, 15) is 26.4 Å². The molecule has 0 heterocycles. The third-order valence-electron chi connectivity index (χ3n) is 5.61. The summed E-state index contributed by atoms with van der Waals surface area (Å²) in [6.45, 7) is 3.75. The third-order valence-corrected chi connectivity index (χ3v) is 6.72. The maximum absolute atomic E-state index is 12.2. The second kappa shape index (κ2) is 19.4. The Hall–Kier alpha value is -1.05. The molecule has 32 heavy (non-hydrogen) atoms. The Kier molecular flexibility index (Phi) is 18.8. The predicted octanol–water partition coefficient (Wildman–Crippen LogP) is 7.94. The molecule has 1 N–H and O–H groups in total. The van der Waals surface area contributed by atoms with Gasteiger partial charge in [0.1, 0.15) is 0 Å². The number of hydrogen-bond donors (Lipinski definition) is 1. The molecule has 0 fully saturated rings. The molecule has 0 aromatic rings. The van der Waals surface area contributed by atoms with Crippen LogP contribution in [0, 0.1) is 0 Å². The standard InChI is InChI=1S/C24H44F3NO3S/c1-2-3-4-5-6-7-8-9-10-11-12-13-14-15-16-17-18-19-20-21-22-23(29)28-32(30,31)24(25,26)27/h2H,1,3-22H2,(H,28,29). The lowest BCUT2D eigenvalue weighted by atomic mass is 10.0. The van der Waals surface area contributed by atoms with Crippen molar-refractivity contribution in [1.29, 1.82) is 0 Å². The summed E-state index contributed by atoms with van der Waals surface area (Å²) in [6, 6.07) is 0. The summed E-state index contributed by atoms with van der Waals surface area (Å²) in [4.78, 5) is 11.3. The van der Waals surface area contributed by atoms with Crippen molar-refractivity contribution in [2.75, 3.05) is 0 Å². The quantitative estimate of drug-likeness (QED) is 0.126. The summed E-state index contributed by atoms with van der Waals surface area (Å²) >= 11 is 0. The molecule has 0 aromatic heterocycles. The van der Waals surface area contributed by atoms with Crippen LogP contribution in [0.1, 0.15) is 128 Å². The average molecular weight is 484 g/mol. The van der Waals surface area contributed by atoms with Gasteiger partial charge in [-0.3, -0.25) is 4.79 Å². The summed E-state index contributed by atoms with van der Waals surface area (Å²) in [6.07, 6.45) is 24.2. The molecule has 0 atom stereocenters. The fourth-order valence-electron chi connectivity index (χ4n) is 3.66. The lowest BCUT2D eigenvalue weighted by Crippen LogP contribution is -2.40. The monoisotopic (exact) mass is 483 g/mol. The van der Waals surface area contributed by atoms with Crippen LogP contribution < -0.4 is 4.72 Å². The highest BCUT2D eigenvalue weighted by molar-refractivity contribution is 7.90. The van der Waals surface area contributed by atoms with E-state index in [0.29, 0.717) is 12.8 Å². The van der Waals surface area contributed by atoms with Gasteiger partial charge < -0.3 is 0 Å². The van der Waals surface area contributed by atoms with Gasteiger partial charge in [0.25, 0.3) is 0 Å². The minimum Gasteiger partial charge on any atom is -0.274 e. The van der Waals surface area contributed by atoms with Crippen molar-refractivity contribution < 1.29 is 26.4 Å². The Labute approximate surface area is 193 Å². The van der Waals surface area contributed by atoms with Gasteiger partial charge in [-0.2, -0.15) is 21.6 Å². The van der Waals surface area contributed by atoms with E-state index < -0.39 is 21.4 Å². The molecule has 0 saturated heterocycles. The van der Waals surface area contributed by atoms with Gasteiger partial charge in [0.05, 0.1) is 0 Å². The number of unbranched alkanes of at least 4 members (excludes halogenated alkanes) is 18. The van der Waals surface area contributed by atoms with Gasteiger partial charge in [-0.25, -0.2) is 4.72 Å². The van der Waals surface area contributed by atoms with Crippen LogP contribution in [0.4, 0.5) is 13.2 Å². The Morgan fingerprint density at radius 2 is 0.969 bits per heavy atom. The number of amides is 1. The van der Waals surface area contributed by atoms with Crippen LogP contribution in [0.2, 0.25) is 0 Å². The Bertz CT molecular complexity index is 578. The van der Waals surface area contributed by atoms with E-state index >= 15 is 0 Å². The van der Waals surface area contributed by atoms with Gasteiger partial charge in [0, 0.05) is 6.42 Å². The smallest absolute Gasteiger partial charge is 0.274 e. The highest BCUT2D eigenvalue weighted by Gasteiger charge is 2.46. The largest absolute Gasteiger partial charge is 0.516 e. The first-order chi connectivity index (χ1) is 15.2. The van der Waals surface area contributed by atoms with Crippen molar-refractivity contribution >= 4 is 15.9 Å². The van der Waals surface area contributed by atoms with Crippen molar-refractivity contribution in [2.24, 2.45) is 0 Å². The van der Waals surface area contributed by atoms with Crippen molar-refractivity contribution in [1.82, 2.24) is 4.72 Å². The zero-order valence-electron chi connectivity index (χ0n) is 19.7. The molecule has 4 nitrogen and oxygen atoms in total. The lowest BCUT2D eigenvalue weighted by Gasteiger charge is -2.09. The first-order valence-electron chi connectivity index (χ1n) is 12.4. The van der Waals surface area contributed by atoms with Crippen LogP contribution in [-0.2, 0) is 14.8 Å². The number of carbonyl (C=O) groups is 1. The maximum atomic E-state index is 12.2. The van der Waals surface area contributed by atoms with Crippen LogP contribution in [0.5, 0.6) is 0 Å². The van der Waals surface area contributed by atoms with Crippen molar-refractivity contribution in [2.45, 2.75) is 134 Å². The average Bonchev–Trinajstić information content (AvgIpc) is 2.71. The highest BCUT2D eigenvalue weighted by Crippen LogP contribution is 2.21. The number of sulfonamides is 1. The number of hydrogen-bond acceptors (Lipinski definition) is 3. The van der Waals surface area contributed by atoms with Gasteiger partial charge >= 0.3 is 15.5 Å². The number of carbonyl (C=O) groups excluding carboxylic acids is 1. The fourth-order valence-corrected chi connectivity index (χ4v) is 4.18. The van der Waals surface area contributed by atoms with Gasteiger partial charge in [-0.15, -0.1) is 6.58 Å². The zero-order valence-corrected chi connectivity index (χ0v) is 20.5. The number of nitrogens with one attached hydrogen (secondary N) is 1. The van der Waals surface area contributed by atoms with Gasteiger partial charge in [-0.05, 0) is 19.3 Å². The third kappa shape index (κ3) is 18.5. The number of rotatable bonds is 22. The van der Waals surface area contributed by atoms with E-state index in [1.54, 1.807) is 0 Å². The molecule has 0 aliphatic carbocycles. The summed E-state index contributed by atoms with van der Waals surface area (Å²) in [5.41, 5.74) is -5.45. The van der Waals surface area contributed by atoms with Crippen LogP contribution in [0.25, 0.3) is 0 Å². The van der Waals surface area contributed by atoms with Gasteiger partial charge in [-0.1, -0.05) is 109 Å². The minimum atomic E-state index is -5.57. The van der Waals surface area contributed by atoms with Gasteiger partial charge in [0.2, 0.25) is 5.91 Å². The van der Waals surface area contributed by atoms with Gasteiger partial charge in [0.15, 0.2) is 0 Å². The van der Waals surface area contributed by atoms with Crippen molar-refractivity contribution in [3.63, 3.8) is 0 Å². The van der Waals surface area contributed by atoms with Crippen LogP contribution in [-0.4, -0.2) is 19.8 Å². The van der Waals surface area contributed by atoms with Crippen molar-refractivity contribution in [3.05, 3.63) is 12.7 Å². The van der Waals surface area contributed by atoms with E-state index in [2.05, 4.69) is 6.58 Å². The molecule has 0 aliphatic rings. The summed E-state index contributed by atoms with van der Waals surface area (Å²) in [5.74, 6) is -1.10. The Balaban J connectivity index is 3.30. The summed E-state index contributed by atoms with van der Waals surface area (Å²) in [7, 11) is -5.57. The first kappa shape index (κ1) is 30.9. The van der Waals surface area contributed by atoms with E-state index in [1.807, 2.05) is 6.08 Å². The molecule has 0 unspecified atom stereocenters. The van der Waals surface area contributed by atoms with Crippen LogP contribution >= 0.6 is 0 Å². The molecule has 8 heteroatoms. The van der Waals surface area contributed by atoms with E-state index in [1.165, 1.54) is 83.5 Å². The summed E-state index contributed by atoms with van der Waals surface area (Å²) in [5, 5.41) is 0. The second-order valence-electron chi connectivity index (χ2n) is 8.67. The first-order valence-corrected chi connectivity index (χ1v) is 13.9. The number of allylic oxidation sites excluding steroid dienone is 1. The maximum Gasteiger partial charge on any atom is 0.516 e. The molecule has 0 aliphatic heterocycles. The van der Waals surface area contributed by atoms with E-state index in [-0.39, 0.29) is 6.42 Å². The molecule has 190 valence electrons. The van der Waals surface area contributed by atoms with Crippen LogP contribution in [0.15, 0.2) is 12.7 Å². The molecule has 0 rings (SSSR count). The fraction of sp³-hybridized carbons (Fsp3) is 0.875. The van der Waals surface area contributed by atoms with E-state index in [4.69, 9.17) is 0 Å². The van der Waals surface area contributed by atoms with Crippen molar-refractivity contribution in [3.8, 4) is 0 Å². The molecule has 0 bridgehead atoms. The molecule has 0 spiro atoms. The molecular formula is C24H44F3NO3S. The highest BCUT2D eigenvalue weighted by atomic mass is 32.2. The Morgan fingerprint density at radius 3 is 1.28 bits per heavy atom.